The van der Waals surface area contributed by atoms with Crippen LogP contribution in [-0.4, -0.2) is 35.2 Å². The fraction of sp³-hybridized carbons (Fsp3) is 0.533. The van der Waals surface area contributed by atoms with E-state index >= 15 is 0 Å². The van der Waals surface area contributed by atoms with Crippen LogP contribution in [0.4, 0.5) is 0 Å². The summed E-state index contributed by atoms with van der Waals surface area (Å²) in [6.07, 6.45) is 5.29. The number of rotatable bonds is 11. The summed E-state index contributed by atoms with van der Waals surface area (Å²) in [5.74, 6) is -2.66. The topological polar surface area (TPSA) is 194 Å². The normalized spacial score (nSPS) is 20.3. The Morgan fingerprint density at radius 3 is 1.30 bits per heavy atom. The van der Waals surface area contributed by atoms with E-state index in [1.165, 1.54) is 0 Å². The standard InChI is InChI=1S/C30H36N6O4/c1-29(2)11-19(23(17-33)27(37)38)21(15-31)25(13-29)35-9-7-5-6-8-10-36-26-14-30(3,4)12-20(22(26)16-32)24(18-34)28(39)40/h35-36H,5-14H2,1-4H3,(H,37,38)(H,39,40)/b23-19+,24-20+. The van der Waals surface area contributed by atoms with E-state index in [4.69, 9.17) is 0 Å². The molecule has 40 heavy (non-hydrogen) atoms. The minimum absolute atomic E-state index is 0.246. The van der Waals surface area contributed by atoms with E-state index in [1.807, 2.05) is 27.7 Å². The van der Waals surface area contributed by atoms with Crippen molar-refractivity contribution < 1.29 is 19.8 Å². The number of carboxylic acids is 2. The van der Waals surface area contributed by atoms with Crippen molar-refractivity contribution in [1.29, 1.82) is 21.0 Å². The fourth-order valence-electron chi connectivity index (χ4n) is 5.33. The smallest absolute Gasteiger partial charge is 0.346 e. The Bertz CT molecular complexity index is 1250. The van der Waals surface area contributed by atoms with Gasteiger partial charge in [-0.25, -0.2) is 9.59 Å². The zero-order valence-electron chi connectivity index (χ0n) is 23.6. The van der Waals surface area contributed by atoms with Crippen molar-refractivity contribution in [3.63, 3.8) is 0 Å². The maximum absolute atomic E-state index is 11.6. The molecule has 0 saturated carbocycles. The van der Waals surface area contributed by atoms with Gasteiger partial charge in [-0.05, 0) is 60.5 Å². The number of nitriles is 4. The van der Waals surface area contributed by atoms with Crippen LogP contribution >= 0.6 is 0 Å². The average molecular weight is 545 g/mol. The van der Waals surface area contributed by atoms with Gasteiger partial charge in [0.2, 0.25) is 0 Å². The molecule has 0 unspecified atom stereocenters. The summed E-state index contributed by atoms with van der Waals surface area (Å²) in [6.45, 7) is 9.13. The highest BCUT2D eigenvalue weighted by atomic mass is 16.4. The Labute approximate surface area is 235 Å². The maximum Gasteiger partial charge on any atom is 0.346 e. The fourth-order valence-corrected chi connectivity index (χ4v) is 5.33. The van der Waals surface area contributed by atoms with Crippen LogP contribution in [0, 0.1) is 56.2 Å². The lowest BCUT2D eigenvalue weighted by Crippen LogP contribution is -2.29. The van der Waals surface area contributed by atoms with Crippen LogP contribution < -0.4 is 10.6 Å². The summed E-state index contributed by atoms with van der Waals surface area (Å²) in [5, 5.41) is 63.6. The molecular weight excluding hydrogens is 508 g/mol. The number of hydrogen-bond acceptors (Lipinski definition) is 8. The lowest BCUT2D eigenvalue weighted by molar-refractivity contribution is -0.133. The summed E-state index contributed by atoms with van der Waals surface area (Å²) < 4.78 is 0. The third kappa shape index (κ3) is 7.98. The molecule has 4 N–H and O–H groups in total. The van der Waals surface area contributed by atoms with Crippen LogP contribution in [0.3, 0.4) is 0 Å². The number of hydrogen-bond donors (Lipinski definition) is 4. The summed E-state index contributed by atoms with van der Waals surface area (Å²) in [6, 6.07) is 7.68. The Hall–Kier alpha value is -4.54. The van der Waals surface area contributed by atoms with Gasteiger partial charge in [0, 0.05) is 24.5 Å². The third-order valence-corrected chi connectivity index (χ3v) is 7.09. The minimum Gasteiger partial charge on any atom is -0.477 e. The maximum atomic E-state index is 11.6. The van der Waals surface area contributed by atoms with Gasteiger partial charge in [0.15, 0.2) is 0 Å². The molecule has 0 spiro atoms. The van der Waals surface area contributed by atoms with Gasteiger partial charge in [0.05, 0.1) is 11.1 Å². The molecule has 0 aromatic carbocycles. The summed E-state index contributed by atoms with van der Waals surface area (Å²) >= 11 is 0. The van der Waals surface area contributed by atoms with Crippen LogP contribution in [0.25, 0.3) is 0 Å². The molecule has 0 amide bonds. The third-order valence-electron chi connectivity index (χ3n) is 7.09. The summed E-state index contributed by atoms with van der Waals surface area (Å²) in [4.78, 5) is 23.1. The Morgan fingerprint density at radius 1 is 0.675 bits per heavy atom. The van der Waals surface area contributed by atoms with Gasteiger partial charge in [-0.3, -0.25) is 0 Å². The number of nitrogens with zero attached hydrogens (tertiary/aromatic N) is 4. The van der Waals surface area contributed by atoms with Crippen LogP contribution in [0.5, 0.6) is 0 Å². The molecule has 0 bridgehead atoms. The molecule has 2 rings (SSSR count). The van der Waals surface area contributed by atoms with E-state index < -0.39 is 11.9 Å². The lowest BCUT2D eigenvalue weighted by Gasteiger charge is -2.34. The molecule has 0 saturated heterocycles. The van der Waals surface area contributed by atoms with Gasteiger partial charge in [0.1, 0.15) is 35.4 Å². The van der Waals surface area contributed by atoms with Crippen molar-refractivity contribution in [1.82, 2.24) is 10.6 Å². The Balaban J connectivity index is 1.97. The molecule has 2 aliphatic rings. The van der Waals surface area contributed by atoms with Gasteiger partial charge in [-0.2, -0.15) is 21.0 Å². The molecule has 2 aliphatic carbocycles. The molecule has 210 valence electrons. The predicted molar refractivity (Wildman–Crippen MR) is 146 cm³/mol. The van der Waals surface area contributed by atoms with E-state index in [0.717, 1.165) is 25.7 Å². The van der Waals surface area contributed by atoms with Crippen molar-refractivity contribution >= 4 is 11.9 Å². The summed E-state index contributed by atoms with van der Waals surface area (Å²) in [7, 11) is 0. The van der Waals surface area contributed by atoms with E-state index in [1.54, 1.807) is 12.1 Å². The highest BCUT2D eigenvalue weighted by Crippen LogP contribution is 2.43. The van der Waals surface area contributed by atoms with Crippen molar-refractivity contribution in [2.45, 2.75) is 79.1 Å². The van der Waals surface area contributed by atoms with Gasteiger partial charge < -0.3 is 20.8 Å². The van der Waals surface area contributed by atoms with Crippen LogP contribution in [-0.2, 0) is 9.59 Å². The number of carbonyl (C=O) groups is 2. The van der Waals surface area contributed by atoms with E-state index in [9.17, 15) is 40.8 Å². The van der Waals surface area contributed by atoms with Crippen molar-refractivity contribution in [3.8, 4) is 24.3 Å². The highest BCUT2D eigenvalue weighted by molar-refractivity contribution is 5.94. The summed E-state index contributed by atoms with van der Waals surface area (Å²) in [5.41, 5.74) is 1.03. The van der Waals surface area contributed by atoms with E-state index in [0.29, 0.717) is 50.2 Å². The predicted octanol–water partition coefficient (Wildman–Crippen LogP) is 4.73. The zero-order chi connectivity index (χ0) is 30.1. The Kier molecular flexibility index (Phi) is 10.7. The average Bonchev–Trinajstić information content (AvgIpc) is 2.84. The van der Waals surface area contributed by atoms with Gasteiger partial charge in [-0.1, -0.05) is 40.5 Å². The van der Waals surface area contributed by atoms with E-state index in [-0.39, 0.29) is 44.3 Å². The van der Waals surface area contributed by atoms with Crippen LogP contribution in [0.15, 0.2) is 44.8 Å². The molecular formula is C30H36N6O4. The number of unbranched alkanes of at least 4 members (excludes halogenated alkanes) is 3. The van der Waals surface area contributed by atoms with Gasteiger partial charge in [-0.15, -0.1) is 0 Å². The molecule has 10 heteroatoms. The lowest BCUT2D eigenvalue weighted by atomic mass is 9.73. The highest BCUT2D eigenvalue weighted by Gasteiger charge is 2.35. The van der Waals surface area contributed by atoms with Crippen molar-refractivity contribution in [2.24, 2.45) is 10.8 Å². The second-order valence-corrected chi connectivity index (χ2v) is 11.8. The zero-order valence-corrected chi connectivity index (χ0v) is 23.6. The Morgan fingerprint density at radius 2 is 1.02 bits per heavy atom. The number of carboxylic acid groups (broad SMARTS) is 2. The van der Waals surface area contributed by atoms with Gasteiger partial charge >= 0.3 is 11.9 Å². The monoisotopic (exact) mass is 544 g/mol. The number of nitrogens with one attached hydrogen (secondary N) is 2. The number of aliphatic carboxylic acids is 2. The number of allylic oxidation sites excluding steroid dienone is 6. The second kappa shape index (κ2) is 13.5. The van der Waals surface area contributed by atoms with Crippen molar-refractivity contribution in [2.75, 3.05) is 13.1 Å². The molecule has 0 atom stereocenters. The first-order valence-corrected chi connectivity index (χ1v) is 13.3. The first-order valence-electron chi connectivity index (χ1n) is 13.3. The van der Waals surface area contributed by atoms with Crippen LogP contribution in [0.2, 0.25) is 0 Å². The van der Waals surface area contributed by atoms with Crippen molar-refractivity contribution in [3.05, 3.63) is 44.8 Å². The molecule has 0 radical (unpaired) electrons. The van der Waals surface area contributed by atoms with Gasteiger partial charge in [0.25, 0.3) is 0 Å². The molecule has 0 aromatic rings. The second-order valence-electron chi connectivity index (χ2n) is 11.8. The molecule has 0 fully saturated rings. The quantitative estimate of drug-likeness (QED) is 0.160. The molecule has 0 heterocycles. The first kappa shape index (κ1) is 31.7. The van der Waals surface area contributed by atoms with Crippen LogP contribution in [0.1, 0.15) is 79.1 Å². The first-order chi connectivity index (χ1) is 18.8. The largest absolute Gasteiger partial charge is 0.477 e. The molecule has 0 aliphatic heterocycles. The van der Waals surface area contributed by atoms with E-state index in [2.05, 4.69) is 22.8 Å². The molecule has 10 nitrogen and oxygen atoms in total. The SMILES string of the molecule is CC1(C)CC(NCCCCCCNC2=C(C#N)/C(=C(\C#N)C(=O)O)CC(C)(C)C2)=C(C#N)/C(=C(\C#N)C(=O)O)C1. The molecule has 0 aromatic heterocycles. The minimum atomic E-state index is -1.33.